The van der Waals surface area contributed by atoms with Gasteiger partial charge in [-0.3, -0.25) is 19.3 Å². The van der Waals surface area contributed by atoms with Crippen molar-refractivity contribution >= 4 is 33.4 Å². The third-order valence-corrected chi connectivity index (χ3v) is 8.27. The van der Waals surface area contributed by atoms with Crippen LogP contribution in [-0.2, 0) is 6.54 Å². The Morgan fingerprint density at radius 3 is 2.52 bits per heavy atom. The van der Waals surface area contributed by atoms with Gasteiger partial charge >= 0.3 is 0 Å². The topological polar surface area (TPSA) is 99.2 Å². The highest BCUT2D eigenvalue weighted by atomic mass is 16.1. The second-order valence-electron chi connectivity index (χ2n) is 11.6. The number of nitrogens with one attached hydrogen (secondary N) is 2. The molecule has 42 heavy (non-hydrogen) atoms. The minimum atomic E-state index is -0.249. The highest BCUT2D eigenvalue weighted by Crippen LogP contribution is 2.33. The van der Waals surface area contributed by atoms with E-state index in [1.165, 1.54) is 5.69 Å². The van der Waals surface area contributed by atoms with Crippen molar-refractivity contribution in [3.05, 3.63) is 87.6 Å². The average Bonchev–Trinajstić information content (AvgIpc) is 3.40. The summed E-state index contributed by atoms with van der Waals surface area (Å²) in [6, 6.07) is 14.5. The SMILES string of the molecule is Cc1cc(C)c(CNC(=O)c2cc(-c3ccc4c(N5CCN(C)CC5)ccnc4c3)cc3c2cnn3C(C)C)c(=O)[nH]1. The summed E-state index contributed by atoms with van der Waals surface area (Å²) < 4.78 is 1.94. The maximum atomic E-state index is 13.7. The van der Waals surface area contributed by atoms with E-state index in [1.807, 2.05) is 36.9 Å². The van der Waals surface area contributed by atoms with Crippen LogP contribution < -0.4 is 15.8 Å². The molecule has 9 heteroatoms. The summed E-state index contributed by atoms with van der Waals surface area (Å²) in [5.74, 6) is -0.249. The van der Waals surface area contributed by atoms with E-state index in [2.05, 4.69) is 76.4 Å². The Hall–Kier alpha value is -4.50. The molecule has 1 aliphatic rings. The van der Waals surface area contributed by atoms with Crippen LogP contribution >= 0.6 is 0 Å². The number of nitrogens with zero attached hydrogens (tertiary/aromatic N) is 5. The fourth-order valence-corrected chi connectivity index (χ4v) is 5.91. The van der Waals surface area contributed by atoms with Crippen molar-refractivity contribution in [1.82, 2.24) is 30.0 Å². The van der Waals surface area contributed by atoms with Crippen molar-refractivity contribution in [3.63, 3.8) is 0 Å². The zero-order valence-electron chi connectivity index (χ0n) is 24.9. The van der Waals surface area contributed by atoms with Gasteiger partial charge in [0.1, 0.15) is 0 Å². The molecule has 9 nitrogen and oxygen atoms in total. The number of benzene rings is 2. The Labute approximate surface area is 245 Å². The lowest BCUT2D eigenvalue weighted by Gasteiger charge is -2.34. The Kier molecular flexibility index (Phi) is 7.28. The number of aryl methyl sites for hydroxylation is 2. The molecule has 2 aromatic carbocycles. The zero-order valence-corrected chi connectivity index (χ0v) is 24.9. The molecule has 0 saturated carbocycles. The van der Waals surface area contributed by atoms with Crippen molar-refractivity contribution < 1.29 is 4.79 Å². The first-order valence-electron chi connectivity index (χ1n) is 14.5. The van der Waals surface area contributed by atoms with Crippen molar-refractivity contribution in [2.75, 3.05) is 38.1 Å². The Morgan fingerprint density at radius 1 is 1.00 bits per heavy atom. The third-order valence-electron chi connectivity index (χ3n) is 8.27. The molecule has 1 fully saturated rings. The molecule has 0 spiro atoms. The maximum Gasteiger partial charge on any atom is 0.253 e. The van der Waals surface area contributed by atoms with Crippen LogP contribution in [0.25, 0.3) is 32.9 Å². The van der Waals surface area contributed by atoms with E-state index in [0.29, 0.717) is 11.1 Å². The summed E-state index contributed by atoms with van der Waals surface area (Å²) in [5, 5.41) is 9.49. The number of aromatic amines is 1. The minimum absolute atomic E-state index is 0.117. The monoisotopic (exact) mass is 563 g/mol. The predicted octanol–water partition coefficient (Wildman–Crippen LogP) is 4.82. The summed E-state index contributed by atoms with van der Waals surface area (Å²) in [5.41, 5.74) is 7.43. The van der Waals surface area contributed by atoms with Crippen LogP contribution in [0.2, 0.25) is 0 Å². The second-order valence-corrected chi connectivity index (χ2v) is 11.6. The number of pyridine rings is 2. The maximum absolute atomic E-state index is 13.7. The molecule has 0 atom stereocenters. The van der Waals surface area contributed by atoms with Gasteiger partial charge in [0.2, 0.25) is 0 Å². The van der Waals surface area contributed by atoms with Gasteiger partial charge in [-0.05, 0) is 81.8 Å². The molecule has 1 aliphatic heterocycles. The number of hydrogen-bond donors (Lipinski definition) is 2. The van der Waals surface area contributed by atoms with Crippen LogP contribution in [0.1, 0.15) is 47.1 Å². The molecule has 1 saturated heterocycles. The number of aromatic nitrogens is 4. The molecular formula is C33H37N7O2. The van der Waals surface area contributed by atoms with Gasteiger partial charge in [-0.25, -0.2) is 0 Å². The molecule has 216 valence electrons. The second kappa shape index (κ2) is 11.1. The molecule has 6 rings (SSSR count). The molecule has 1 amide bonds. The molecule has 5 aromatic rings. The molecule has 0 aliphatic carbocycles. The van der Waals surface area contributed by atoms with Gasteiger partial charge in [0.05, 0.1) is 22.8 Å². The quantitative estimate of drug-likeness (QED) is 0.307. The van der Waals surface area contributed by atoms with E-state index < -0.39 is 0 Å². The third kappa shape index (κ3) is 5.16. The summed E-state index contributed by atoms with van der Waals surface area (Å²) in [6.45, 7) is 12.1. The fraction of sp³-hybridized carbons (Fsp3) is 0.333. The Bertz CT molecular complexity index is 1860. The number of rotatable bonds is 6. The number of anilines is 1. The number of carbonyl (C=O) groups is 1. The van der Waals surface area contributed by atoms with E-state index >= 15 is 0 Å². The van der Waals surface area contributed by atoms with Gasteiger partial charge in [-0.1, -0.05) is 12.1 Å². The van der Waals surface area contributed by atoms with E-state index in [9.17, 15) is 9.59 Å². The normalized spacial score (nSPS) is 14.3. The molecule has 0 radical (unpaired) electrons. The van der Waals surface area contributed by atoms with Crippen LogP contribution in [0.15, 0.2) is 59.7 Å². The Balaban J connectivity index is 1.39. The highest BCUT2D eigenvalue weighted by molar-refractivity contribution is 6.08. The van der Waals surface area contributed by atoms with Gasteiger partial charge < -0.3 is 20.1 Å². The minimum Gasteiger partial charge on any atom is -0.368 e. The van der Waals surface area contributed by atoms with Crippen molar-refractivity contribution in [3.8, 4) is 11.1 Å². The summed E-state index contributed by atoms with van der Waals surface area (Å²) in [4.78, 5) is 38.5. The number of hydrogen-bond acceptors (Lipinski definition) is 6. The molecule has 0 unspecified atom stereocenters. The van der Waals surface area contributed by atoms with E-state index in [-0.39, 0.29) is 24.1 Å². The number of amides is 1. The summed E-state index contributed by atoms with van der Waals surface area (Å²) in [7, 11) is 2.16. The number of H-pyrrole nitrogens is 1. The lowest BCUT2D eigenvalue weighted by molar-refractivity contribution is 0.0952. The van der Waals surface area contributed by atoms with Crippen LogP contribution in [0.4, 0.5) is 5.69 Å². The number of carbonyl (C=O) groups excluding carboxylic acids is 1. The van der Waals surface area contributed by atoms with Gasteiger partial charge in [0.15, 0.2) is 0 Å². The lowest BCUT2D eigenvalue weighted by atomic mass is 9.98. The van der Waals surface area contributed by atoms with Crippen molar-refractivity contribution in [2.24, 2.45) is 0 Å². The number of piperazine rings is 1. The first kappa shape index (κ1) is 27.7. The summed E-state index contributed by atoms with van der Waals surface area (Å²) in [6.07, 6.45) is 3.63. The van der Waals surface area contributed by atoms with E-state index in [1.54, 1.807) is 6.20 Å². The van der Waals surface area contributed by atoms with Crippen LogP contribution in [0, 0.1) is 13.8 Å². The smallest absolute Gasteiger partial charge is 0.253 e. The average molecular weight is 564 g/mol. The standard InChI is InChI=1S/C33H37N7O2/c1-20(2)40-31-17-24(23-6-7-25-29(16-23)34-9-8-30(25)39-12-10-38(5)11-13-39)15-26(28(31)19-36-40)32(41)35-18-27-21(3)14-22(4)37-33(27)42/h6-9,14-17,19-20H,10-13,18H2,1-5H3,(H,35,41)(H,37,42). The van der Waals surface area contributed by atoms with Gasteiger partial charge in [0.25, 0.3) is 11.5 Å². The molecule has 0 bridgehead atoms. The molecule has 3 aromatic heterocycles. The summed E-state index contributed by atoms with van der Waals surface area (Å²) >= 11 is 0. The predicted molar refractivity (Wildman–Crippen MR) is 168 cm³/mol. The molecule has 4 heterocycles. The first-order chi connectivity index (χ1) is 20.2. The number of likely N-dealkylation sites (N-methyl/N-ethyl adjacent to an activating group) is 1. The van der Waals surface area contributed by atoms with E-state index in [4.69, 9.17) is 4.98 Å². The van der Waals surface area contributed by atoms with Crippen LogP contribution in [-0.4, -0.2) is 63.8 Å². The van der Waals surface area contributed by atoms with Crippen molar-refractivity contribution in [1.29, 1.82) is 0 Å². The van der Waals surface area contributed by atoms with Gasteiger partial charge in [0, 0.05) is 72.7 Å². The first-order valence-corrected chi connectivity index (χ1v) is 14.5. The van der Waals surface area contributed by atoms with Gasteiger partial charge in [-0.15, -0.1) is 0 Å². The Morgan fingerprint density at radius 2 is 1.79 bits per heavy atom. The molecule has 2 N–H and O–H groups in total. The van der Waals surface area contributed by atoms with Crippen LogP contribution in [0.5, 0.6) is 0 Å². The van der Waals surface area contributed by atoms with E-state index in [0.717, 1.165) is 70.4 Å². The molecular weight excluding hydrogens is 526 g/mol. The van der Waals surface area contributed by atoms with Crippen LogP contribution in [0.3, 0.4) is 0 Å². The highest BCUT2D eigenvalue weighted by Gasteiger charge is 2.20. The van der Waals surface area contributed by atoms with Gasteiger partial charge in [-0.2, -0.15) is 5.10 Å². The zero-order chi connectivity index (χ0) is 29.5. The fourth-order valence-electron chi connectivity index (χ4n) is 5.91. The largest absolute Gasteiger partial charge is 0.368 e. The lowest BCUT2D eigenvalue weighted by Crippen LogP contribution is -2.44. The van der Waals surface area contributed by atoms with Crippen molar-refractivity contribution in [2.45, 2.75) is 40.3 Å². The number of fused-ring (bicyclic) bond motifs is 2.